The van der Waals surface area contributed by atoms with Crippen molar-refractivity contribution in [1.82, 2.24) is 10.2 Å². The molecule has 4 nitrogen and oxygen atoms in total. The Balaban J connectivity index is 1.81. The number of rotatable bonds is 2. The number of Topliss-reactive ketones (excluding diaryl/α,β-unsaturated/α-hetero) is 1. The van der Waals surface area contributed by atoms with E-state index >= 15 is 0 Å². The standard InChI is InChI=1S/C24H30N2O2/c1-16-20(23(28)26-12-8-5-9-13-26)21(17-10-6-4-7-11-17)22-18(25-16)14-24(2,3)15-19(22)27/h4,6-7,10-11,21,25H,5,8-9,12-15H2,1-3H3/t21-/m1/s1. The van der Waals surface area contributed by atoms with Gasteiger partial charge in [0, 0.05) is 48.0 Å². The lowest BCUT2D eigenvalue weighted by Crippen LogP contribution is -2.43. The van der Waals surface area contributed by atoms with Gasteiger partial charge in [-0.15, -0.1) is 0 Å². The van der Waals surface area contributed by atoms with Crippen LogP contribution in [0.5, 0.6) is 0 Å². The normalized spacial score (nSPS) is 24.8. The van der Waals surface area contributed by atoms with Crippen molar-refractivity contribution < 1.29 is 9.59 Å². The minimum atomic E-state index is -0.268. The molecule has 4 heteroatoms. The molecule has 0 saturated carbocycles. The van der Waals surface area contributed by atoms with Crippen LogP contribution in [0.15, 0.2) is 52.9 Å². The Morgan fingerprint density at radius 2 is 1.75 bits per heavy atom. The second-order valence-electron chi connectivity index (χ2n) is 9.19. The summed E-state index contributed by atoms with van der Waals surface area (Å²) in [6, 6.07) is 10.1. The fraction of sp³-hybridized carbons (Fsp3) is 0.500. The minimum Gasteiger partial charge on any atom is -0.362 e. The number of carbonyl (C=O) groups excluding carboxylic acids is 2. The maximum atomic E-state index is 13.5. The number of hydrogen-bond acceptors (Lipinski definition) is 3. The molecule has 3 aliphatic rings. The molecule has 148 valence electrons. The van der Waals surface area contributed by atoms with Crippen molar-refractivity contribution in [3.63, 3.8) is 0 Å². The zero-order chi connectivity index (χ0) is 19.9. The molecule has 1 saturated heterocycles. The number of nitrogens with one attached hydrogen (secondary N) is 1. The quantitative estimate of drug-likeness (QED) is 0.835. The Hall–Kier alpha value is -2.36. The van der Waals surface area contributed by atoms with Crippen LogP contribution in [0.25, 0.3) is 0 Å². The van der Waals surface area contributed by atoms with Crippen LogP contribution in [-0.2, 0) is 9.59 Å². The molecular formula is C24H30N2O2. The lowest BCUT2D eigenvalue weighted by molar-refractivity contribution is -0.128. The minimum absolute atomic E-state index is 0.0567. The number of carbonyl (C=O) groups is 2. The monoisotopic (exact) mass is 378 g/mol. The molecule has 1 aromatic rings. The summed E-state index contributed by atoms with van der Waals surface area (Å²) in [5.41, 5.74) is 4.43. The van der Waals surface area contributed by atoms with E-state index in [9.17, 15) is 9.59 Å². The van der Waals surface area contributed by atoms with Crippen molar-refractivity contribution in [3.05, 3.63) is 58.4 Å². The lowest BCUT2D eigenvalue weighted by Gasteiger charge is -2.41. The highest BCUT2D eigenvalue weighted by atomic mass is 16.2. The summed E-state index contributed by atoms with van der Waals surface area (Å²) in [6.07, 6.45) is 4.66. The van der Waals surface area contributed by atoms with Gasteiger partial charge in [0.1, 0.15) is 0 Å². The second kappa shape index (κ2) is 7.23. The van der Waals surface area contributed by atoms with E-state index in [2.05, 4.69) is 19.2 Å². The average molecular weight is 379 g/mol. The molecule has 0 aromatic heterocycles. The number of ketones is 1. The Bertz CT molecular complexity index is 858. The van der Waals surface area contributed by atoms with Crippen molar-refractivity contribution in [3.8, 4) is 0 Å². The number of likely N-dealkylation sites (tertiary alicyclic amines) is 1. The Morgan fingerprint density at radius 1 is 1.07 bits per heavy atom. The maximum Gasteiger partial charge on any atom is 0.252 e. The Labute approximate surface area is 167 Å². The van der Waals surface area contributed by atoms with Crippen LogP contribution in [0.2, 0.25) is 0 Å². The molecule has 1 atom stereocenters. The van der Waals surface area contributed by atoms with Crippen LogP contribution >= 0.6 is 0 Å². The van der Waals surface area contributed by atoms with E-state index in [4.69, 9.17) is 0 Å². The average Bonchev–Trinajstić information content (AvgIpc) is 2.67. The molecule has 4 rings (SSSR count). The first kappa shape index (κ1) is 19.0. The first-order valence-corrected chi connectivity index (χ1v) is 10.5. The van der Waals surface area contributed by atoms with Crippen LogP contribution in [0.3, 0.4) is 0 Å². The van der Waals surface area contributed by atoms with Crippen molar-refractivity contribution in [2.75, 3.05) is 13.1 Å². The number of allylic oxidation sites excluding steroid dienone is 3. The molecule has 28 heavy (non-hydrogen) atoms. The largest absolute Gasteiger partial charge is 0.362 e. The van der Waals surface area contributed by atoms with Crippen LogP contribution < -0.4 is 5.32 Å². The van der Waals surface area contributed by atoms with Gasteiger partial charge in [-0.05, 0) is 43.6 Å². The highest BCUT2D eigenvalue weighted by Gasteiger charge is 2.43. The van der Waals surface area contributed by atoms with Gasteiger partial charge in [-0.2, -0.15) is 0 Å². The molecule has 1 N–H and O–H groups in total. The molecule has 2 aliphatic heterocycles. The van der Waals surface area contributed by atoms with E-state index in [1.165, 1.54) is 6.42 Å². The Kier molecular flexibility index (Phi) is 4.90. The maximum absolute atomic E-state index is 13.5. The fourth-order valence-electron chi connectivity index (χ4n) is 4.97. The van der Waals surface area contributed by atoms with Crippen LogP contribution in [0.4, 0.5) is 0 Å². The van der Waals surface area contributed by atoms with Gasteiger partial charge in [0.2, 0.25) is 0 Å². The van der Waals surface area contributed by atoms with Crippen molar-refractivity contribution >= 4 is 11.7 Å². The molecule has 1 amide bonds. The van der Waals surface area contributed by atoms with Gasteiger partial charge in [0.15, 0.2) is 5.78 Å². The molecule has 0 spiro atoms. The third-order valence-corrected chi connectivity index (χ3v) is 6.25. The summed E-state index contributed by atoms with van der Waals surface area (Å²) >= 11 is 0. The third kappa shape index (κ3) is 3.41. The van der Waals surface area contributed by atoms with Crippen molar-refractivity contribution in [2.45, 2.75) is 58.8 Å². The van der Waals surface area contributed by atoms with E-state index in [0.717, 1.165) is 60.5 Å². The van der Waals surface area contributed by atoms with Gasteiger partial charge in [-0.25, -0.2) is 0 Å². The number of dihydropyridines is 1. The Morgan fingerprint density at radius 3 is 2.43 bits per heavy atom. The smallest absolute Gasteiger partial charge is 0.252 e. The van der Waals surface area contributed by atoms with E-state index in [0.29, 0.717) is 6.42 Å². The SMILES string of the molecule is CC1=C(C(=O)N2CCCCC2)[C@@H](c2ccccc2)C2=C(CC(C)(C)CC2=O)N1. The first-order chi connectivity index (χ1) is 13.4. The van der Waals surface area contributed by atoms with Crippen molar-refractivity contribution in [2.24, 2.45) is 5.41 Å². The molecule has 1 aliphatic carbocycles. The van der Waals surface area contributed by atoms with Crippen LogP contribution in [-0.4, -0.2) is 29.7 Å². The van der Waals surface area contributed by atoms with E-state index in [1.807, 2.05) is 42.2 Å². The number of nitrogens with zero attached hydrogens (tertiary/aromatic N) is 1. The molecule has 1 aromatic carbocycles. The molecule has 2 heterocycles. The van der Waals surface area contributed by atoms with Gasteiger partial charge in [-0.3, -0.25) is 9.59 Å². The van der Waals surface area contributed by atoms with Crippen molar-refractivity contribution in [1.29, 1.82) is 0 Å². The predicted octanol–water partition coefficient (Wildman–Crippen LogP) is 4.30. The van der Waals surface area contributed by atoms with Gasteiger partial charge in [-0.1, -0.05) is 44.2 Å². The summed E-state index contributed by atoms with van der Waals surface area (Å²) in [4.78, 5) is 28.8. The summed E-state index contributed by atoms with van der Waals surface area (Å²) in [5, 5.41) is 3.47. The molecular weight excluding hydrogens is 348 g/mol. The topological polar surface area (TPSA) is 49.4 Å². The fourth-order valence-corrected chi connectivity index (χ4v) is 4.97. The number of hydrogen-bond donors (Lipinski definition) is 1. The van der Waals surface area contributed by atoms with Gasteiger partial charge < -0.3 is 10.2 Å². The zero-order valence-electron chi connectivity index (χ0n) is 17.2. The van der Waals surface area contributed by atoms with E-state index in [-0.39, 0.29) is 23.0 Å². The summed E-state index contributed by atoms with van der Waals surface area (Å²) in [5.74, 6) is -0.0118. The third-order valence-electron chi connectivity index (χ3n) is 6.25. The summed E-state index contributed by atoms with van der Waals surface area (Å²) < 4.78 is 0. The van der Waals surface area contributed by atoms with Gasteiger partial charge >= 0.3 is 0 Å². The second-order valence-corrected chi connectivity index (χ2v) is 9.19. The summed E-state index contributed by atoms with van der Waals surface area (Å²) in [6.45, 7) is 7.89. The van der Waals surface area contributed by atoms with Gasteiger partial charge in [0.25, 0.3) is 5.91 Å². The summed E-state index contributed by atoms with van der Waals surface area (Å²) in [7, 11) is 0. The van der Waals surface area contributed by atoms with Crippen LogP contribution in [0.1, 0.15) is 64.4 Å². The zero-order valence-corrected chi connectivity index (χ0v) is 17.2. The number of benzene rings is 1. The van der Waals surface area contributed by atoms with E-state index < -0.39 is 0 Å². The van der Waals surface area contributed by atoms with Crippen LogP contribution in [0, 0.1) is 5.41 Å². The highest BCUT2D eigenvalue weighted by Crippen LogP contribution is 2.46. The predicted molar refractivity (Wildman–Crippen MR) is 110 cm³/mol. The molecule has 0 bridgehead atoms. The number of piperidine rings is 1. The first-order valence-electron chi connectivity index (χ1n) is 10.5. The number of amides is 1. The van der Waals surface area contributed by atoms with E-state index in [1.54, 1.807) is 0 Å². The molecule has 0 unspecified atom stereocenters. The molecule has 1 fully saturated rings. The van der Waals surface area contributed by atoms with Gasteiger partial charge in [0.05, 0.1) is 0 Å². The lowest BCUT2D eigenvalue weighted by atomic mass is 9.68. The molecule has 0 radical (unpaired) electrons. The highest BCUT2D eigenvalue weighted by molar-refractivity contribution is 6.05.